The molecule has 2 aromatic rings. The second-order valence-corrected chi connectivity index (χ2v) is 8.19. The van der Waals surface area contributed by atoms with Crippen LogP contribution in [-0.2, 0) is 11.8 Å². The Bertz CT molecular complexity index is 848. The number of piperidine rings is 1. The molecule has 5 rings (SSSR count). The first-order chi connectivity index (χ1) is 12.7. The van der Waals surface area contributed by atoms with E-state index in [0.29, 0.717) is 23.3 Å². The molecule has 0 unspecified atom stereocenters. The average molecular weight is 352 g/mol. The number of phenolic OH excluding ortho intramolecular Hbond substituents is 1. The summed E-state index contributed by atoms with van der Waals surface area (Å²) in [5.74, 6) is 0.678. The van der Waals surface area contributed by atoms with Crippen molar-refractivity contribution in [2.75, 3.05) is 11.9 Å². The SMILES string of the molecule is Oc1cc2c(cc1Nc1cccc(F)c1)C[C@H]1NCC[C@@]23CCCC[C@@H]13. The molecule has 136 valence electrons. The molecule has 0 amide bonds. The molecular formula is C22H25FN2O. The van der Waals surface area contributed by atoms with E-state index in [9.17, 15) is 9.50 Å². The third-order valence-electron chi connectivity index (χ3n) is 6.86. The quantitative estimate of drug-likeness (QED) is 0.691. The third kappa shape index (κ3) is 2.43. The first-order valence-electron chi connectivity index (χ1n) is 9.78. The summed E-state index contributed by atoms with van der Waals surface area (Å²) in [6.07, 6.45) is 7.31. The molecule has 3 atom stereocenters. The van der Waals surface area contributed by atoms with E-state index in [4.69, 9.17) is 0 Å². The largest absolute Gasteiger partial charge is 0.506 e. The van der Waals surface area contributed by atoms with Crippen LogP contribution in [0.15, 0.2) is 36.4 Å². The van der Waals surface area contributed by atoms with Crippen molar-refractivity contribution in [1.29, 1.82) is 0 Å². The third-order valence-corrected chi connectivity index (χ3v) is 6.86. The summed E-state index contributed by atoms with van der Waals surface area (Å²) in [6.45, 7) is 1.07. The van der Waals surface area contributed by atoms with Crippen molar-refractivity contribution in [2.24, 2.45) is 5.92 Å². The molecule has 2 bridgehead atoms. The molecule has 26 heavy (non-hydrogen) atoms. The highest BCUT2D eigenvalue weighted by atomic mass is 19.1. The number of nitrogens with one attached hydrogen (secondary N) is 2. The van der Waals surface area contributed by atoms with Crippen molar-refractivity contribution < 1.29 is 9.50 Å². The highest BCUT2D eigenvalue weighted by Crippen LogP contribution is 2.55. The molecule has 1 heterocycles. The van der Waals surface area contributed by atoms with Gasteiger partial charge in [0.1, 0.15) is 11.6 Å². The van der Waals surface area contributed by atoms with Crippen molar-refractivity contribution in [3.63, 3.8) is 0 Å². The van der Waals surface area contributed by atoms with Crippen LogP contribution in [-0.4, -0.2) is 17.7 Å². The van der Waals surface area contributed by atoms with E-state index >= 15 is 0 Å². The Hall–Kier alpha value is -2.07. The van der Waals surface area contributed by atoms with Gasteiger partial charge in [0.15, 0.2) is 0 Å². The van der Waals surface area contributed by atoms with Gasteiger partial charge in [0.25, 0.3) is 0 Å². The van der Waals surface area contributed by atoms with E-state index in [1.165, 1.54) is 48.9 Å². The summed E-state index contributed by atoms with van der Waals surface area (Å²) >= 11 is 0. The number of benzene rings is 2. The fourth-order valence-electron chi connectivity index (χ4n) is 5.79. The van der Waals surface area contributed by atoms with E-state index in [0.717, 1.165) is 19.4 Å². The normalized spacial score (nSPS) is 29.6. The van der Waals surface area contributed by atoms with E-state index in [2.05, 4.69) is 16.7 Å². The lowest BCUT2D eigenvalue weighted by Gasteiger charge is -2.56. The highest BCUT2D eigenvalue weighted by molar-refractivity contribution is 5.69. The number of halogens is 1. The fourth-order valence-corrected chi connectivity index (χ4v) is 5.79. The van der Waals surface area contributed by atoms with Crippen LogP contribution in [0.4, 0.5) is 15.8 Å². The van der Waals surface area contributed by atoms with Crippen LogP contribution in [0.3, 0.4) is 0 Å². The number of fused-ring (bicyclic) bond motifs is 1. The maximum absolute atomic E-state index is 13.5. The van der Waals surface area contributed by atoms with Gasteiger partial charge in [0.2, 0.25) is 0 Å². The van der Waals surface area contributed by atoms with Gasteiger partial charge >= 0.3 is 0 Å². The van der Waals surface area contributed by atoms with Crippen LogP contribution in [0.1, 0.15) is 43.2 Å². The Kier molecular flexibility index (Phi) is 3.71. The topological polar surface area (TPSA) is 44.3 Å². The van der Waals surface area contributed by atoms with Crippen molar-refractivity contribution in [3.05, 3.63) is 53.3 Å². The first kappa shape index (κ1) is 16.1. The molecule has 2 aliphatic carbocycles. The number of phenols is 1. The summed E-state index contributed by atoms with van der Waals surface area (Å²) in [7, 11) is 0. The molecule has 4 heteroatoms. The van der Waals surface area contributed by atoms with Gasteiger partial charge in [-0.25, -0.2) is 4.39 Å². The van der Waals surface area contributed by atoms with Gasteiger partial charge in [-0.15, -0.1) is 0 Å². The standard InChI is InChI=1S/C22H25FN2O/c23-15-4-3-5-16(12-15)25-20-11-14-10-19-17-6-1-2-7-22(17,8-9-24-19)18(14)13-21(20)26/h3-5,11-13,17,19,24-26H,1-2,6-10H2/t17-,19+,22+/m0/s1. The highest BCUT2D eigenvalue weighted by Gasteiger charge is 2.51. The van der Waals surface area contributed by atoms with Gasteiger partial charge in [-0.3, -0.25) is 0 Å². The molecule has 2 fully saturated rings. The second kappa shape index (κ2) is 5.98. The summed E-state index contributed by atoms with van der Waals surface area (Å²) in [4.78, 5) is 0. The summed E-state index contributed by atoms with van der Waals surface area (Å²) < 4.78 is 13.5. The lowest BCUT2D eigenvalue weighted by molar-refractivity contribution is 0.0796. The lowest BCUT2D eigenvalue weighted by atomic mass is 9.53. The van der Waals surface area contributed by atoms with E-state index in [1.54, 1.807) is 6.07 Å². The summed E-state index contributed by atoms with van der Waals surface area (Å²) in [5, 5.41) is 17.6. The van der Waals surface area contributed by atoms with Gasteiger partial charge in [-0.2, -0.15) is 0 Å². The predicted octanol–water partition coefficient (Wildman–Crippen LogP) is 4.62. The van der Waals surface area contributed by atoms with Crippen LogP contribution >= 0.6 is 0 Å². The molecule has 3 N–H and O–H groups in total. The Morgan fingerprint density at radius 3 is 2.96 bits per heavy atom. The molecule has 1 aliphatic heterocycles. The molecule has 0 radical (unpaired) electrons. The lowest BCUT2D eigenvalue weighted by Crippen LogP contribution is -2.59. The smallest absolute Gasteiger partial charge is 0.139 e. The number of hydrogen-bond donors (Lipinski definition) is 3. The number of aromatic hydroxyl groups is 1. The monoisotopic (exact) mass is 352 g/mol. The van der Waals surface area contributed by atoms with Crippen molar-refractivity contribution in [1.82, 2.24) is 5.32 Å². The maximum atomic E-state index is 13.5. The fraction of sp³-hybridized carbons (Fsp3) is 0.455. The van der Waals surface area contributed by atoms with Crippen LogP contribution in [0.25, 0.3) is 0 Å². The summed E-state index contributed by atoms with van der Waals surface area (Å²) in [6, 6.07) is 11.0. The summed E-state index contributed by atoms with van der Waals surface area (Å²) in [5.41, 5.74) is 4.25. The minimum atomic E-state index is -0.282. The van der Waals surface area contributed by atoms with E-state index in [1.807, 2.05) is 12.1 Å². The van der Waals surface area contributed by atoms with Gasteiger partial charge < -0.3 is 15.7 Å². The van der Waals surface area contributed by atoms with E-state index < -0.39 is 0 Å². The minimum Gasteiger partial charge on any atom is -0.506 e. The zero-order valence-corrected chi connectivity index (χ0v) is 14.9. The van der Waals surface area contributed by atoms with Gasteiger partial charge in [0.05, 0.1) is 5.69 Å². The molecule has 2 aromatic carbocycles. The zero-order valence-electron chi connectivity index (χ0n) is 14.9. The molecule has 1 saturated carbocycles. The molecule has 3 nitrogen and oxygen atoms in total. The number of hydrogen-bond acceptors (Lipinski definition) is 3. The van der Waals surface area contributed by atoms with Crippen molar-refractivity contribution in [2.45, 2.75) is 50.0 Å². The Morgan fingerprint density at radius 2 is 2.08 bits per heavy atom. The average Bonchev–Trinajstić information content (AvgIpc) is 2.63. The number of anilines is 2. The molecular weight excluding hydrogens is 327 g/mol. The van der Waals surface area contributed by atoms with Gasteiger partial charge in [-0.05, 0) is 79.6 Å². The second-order valence-electron chi connectivity index (χ2n) is 8.19. The first-order valence-corrected chi connectivity index (χ1v) is 9.78. The molecule has 0 aromatic heterocycles. The van der Waals surface area contributed by atoms with E-state index in [-0.39, 0.29) is 17.0 Å². The molecule has 0 spiro atoms. The van der Waals surface area contributed by atoms with Crippen molar-refractivity contribution in [3.8, 4) is 5.75 Å². The maximum Gasteiger partial charge on any atom is 0.139 e. The Labute approximate surface area is 153 Å². The van der Waals surface area contributed by atoms with Crippen LogP contribution in [0.5, 0.6) is 5.75 Å². The minimum absolute atomic E-state index is 0.233. The molecule has 3 aliphatic rings. The zero-order chi connectivity index (χ0) is 17.7. The predicted molar refractivity (Wildman–Crippen MR) is 102 cm³/mol. The number of rotatable bonds is 2. The molecule has 1 saturated heterocycles. The van der Waals surface area contributed by atoms with Gasteiger partial charge in [-0.1, -0.05) is 18.9 Å². The Morgan fingerprint density at radius 1 is 1.15 bits per heavy atom. The Balaban J connectivity index is 1.56. The van der Waals surface area contributed by atoms with Gasteiger partial charge in [0, 0.05) is 17.1 Å². The van der Waals surface area contributed by atoms with Crippen LogP contribution < -0.4 is 10.6 Å². The van der Waals surface area contributed by atoms with Crippen molar-refractivity contribution >= 4 is 11.4 Å². The van der Waals surface area contributed by atoms with Crippen LogP contribution in [0, 0.1) is 11.7 Å². The van der Waals surface area contributed by atoms with Crippen LogP contribution in [0.2, 0.25) is 0 Å².